The molecule has 1 saturated heterocycles. The van der Waals surface area contributed by atoms with E-state index in [-0.39, 0.29) is 5.92 Å². The van der Waals surface area contributed by atoms with Gasteiger partial charge in [-0.1, -0.05) is 18.6 Å². The number of hydrogen-bond donors (Lipinski definition) is 3. The Balaban J connectivity index is 1.84. The number of primary amides is 1. The Bertz CT molecular complexity index is 791. The molecule has 4 unspecified atom stereocenters. The smallest absolute Gasteiger partial charge is 0.405 e. The van der Waals surface area contributed by atoms with E-state index < -0.39 is 41.5 Å². The maximum atomic E-state index is 13.0. The van der Waals surface area contributed by atoms with Gasteiger partial charge in [-0.2, -0.15) is 5.26 Å². The number of ether oxygens (including phenoxy) is 1. The van der Waals surface area contributed by atoms with Crippen LogP contribution in [0.15, 0.2) is 12.2 Å². The van der Waals surface area contributed by atoms with Crippen LogP contribution < -0.4 is 16.4 Å². The molecular weight excluding hydrogens is 390 g/mol. The van der Waals surface area contributed by atoms with E-state index in [1.165, 1.54) is 4.90 Å². The van der Waals surface area contributed by atoms with E-state index in [1.54, 1.807) is 6.19 Å². The van der Waals surface area contributed by atoms with E-state index in [4.69, 9.17) is 15.7 Å². The molecule has 3 rings (SSSR count). The highest BCUT2D eigenvalue weighted by Crippen LogP contribution is 2.45. The quantitative estimate of drug-likeness (QED) is 0.336. The van der Waals surface area contributed by atoms with Crippen LogP contribution in [0, 0.1) is 17.4 Å². The fourth-order valence-corrected chi connectivity index (χ4v) is 4.34. The Hall–Kier alpha value is -3.09. The number of carbonyl (C=O) groups is 4. The van der Waals surface area contributed by atoms with Crippen molar-refractivity contribution < 1.29 is 23.9 Å². The van der Waals surface area contributed by atoms with Gasteiger partial charge in [0.05, 0.1) is 0 Å². The summed E-state index contributed by atoms with van der Waals surface area (Å²) < 4.78 is 5.05. The van der Waals surface area contributed by atoms with Crippen molar-refractivity contribution in [3.63, 3.8) is 0 Å². The molecule has 4 atom stereocenters. The van der Waals surface area contributed by atoms with Gasteiger partial charge in [-0.25, -0.2) is 4.79 Å². The minimum Gasteiger partial charge on any atom is -0.436 e. The van der Waals surface area contributed by atoms with Gasteiger partial charge in [0, 0.05) is 12.5 Å². The van der Waals surface area contributed by atoms with Crippen LogP contribution in [0.4, 0.5) is 4.79 Å². The van der Waals surface area contributed by atoms with Crippen LogP contribution in [-0.2, 0) is 19.1 Å². The summed E-state index contributed by atoms with van der Waals surface area (Å²) >= 11 is 0. The van der Waals surface area contributed by atoms with Crippen molar-refractivity contribution in [1.29, 1.82) is 5.26 Å². The Morgan fingerprint density at radius 1 is 1.27 bits per heavy atom. The first-order valence-corrected chi connectivity index (χ1v) is 10.3. The highest BCUT2D eigenvalue weighted by Gasteiger charge is 2.60. The number of nitrogens with zero attached hydrogens (tertiary/aromatic N) is 2. The molecule has 0 aromatic rings. The van der Waals surface area contributed by atoms with Gasteiger partial charge < -0.3 is 20.7 Å². The topological polar surface area (TPSA) is 155 Å². The van der Waals surface area contributed by atoms with Crippen molar-refractivity contribution in [2.75, 3.05) is 6.54 Å². The molecule has 10 heteroatoms. The third-order valence-corrected chi connectivity index (χ3v) is 6.01. The van der Waals surface area contributed by atoms with Crippen molar-refractivity contribution in [1.82, 2.24) is 15.5 Å². The number of rotatable bonds is 2. The largest absolute Gasteiger partial charge is 0.436 e. The monoisotopic (exact) mass is 417 g/mol. The van der Waals surface area contributed by atoms with E-state index in [2.05, 4.69) is 10.6 Å². The summed E-state index contributed by atoms with van der Waals surface area (Å²) in [7, 11) is 0. The molecule has 4 N–H and O–H groups in total. The Kier molecular flexibility index (Phi) is 6.59. The number of hydrogen-bond acceptors (Lipinski definition) is 6. The number of nitrogens with two attached hydrogens (primary N) is 1. The van der Waals surface area contributed by atoms with Crippen LogP contribution >= 0.6 is 0 Å². The average molecular weight is 417 g/mol. The third-order valence-electron chi connectivity index (χ3n) is 6.01. The first-order chi connectivity index (χ1) is 14.4. The number of nitrogens with one attached hydrogen (secondary N) is 2. The molecule has 0 spiro atoms. The van der Waals surface area contributed by atoms with E-state index >= 15 is 0 Å². The lowest BCUT2D eigenvalue weighted by Gasteiger charge is -2.29. The van der Waals surface area contributed by atoms with Gasteiger partial charge in [0.1, 0.15) is 11.6 Å². The molecular formula is C20H27N5O5. The molecule has 10 nitrogen and oxygen atoms in total. The van der Waals surface area contributed by atoms with Gasteiger partial charge in [-0.05, 0) is 44.9 Å². The summed E-state index contributed by atoms with van der Waals surface area (Å²) in [5.74, 6) is -1.64. The maximum absolute atomic E-state index is 13.0. The molecule has 2 aliphatic heterocycles. The second-order valence-electron chi connectivity index (χ2n) is 8.02. The van der Waals surface area contributed by atoms with Crippen molar-refractivity contribution in [2.45, 2.75) is 69.1 Å². The predicted molar refractivity (Wildman–Crippen MR) is 104 cm³/mol. The summed E-state index contributed by atoms with van der Waals surface area (Å²) in [6.45, 7) is 0.357. The van der Waals surface area contributed by atoms with Crippen LogP contribution in [-0.4, -0.2) is 52.9 Å². The summed E-state index contributed by atoms with van der Waals surface area (Å²) in [6.07, 6.45) is 8.42. The van der Waals surface area contributed by atoms with Crippen molar-refractivity contribution in [3.05, 3.63) is 12.2 Å². The van der Waals surface area contributed by atoms with Crippen LogP contribution in [0.1, 0.15) is 51.4 Å². The van der Waals surface area contributed by atoms with Crippen molar-refractivity contribution in [3.8, 4) is 6.19 Å². The zero-order chi connectivity index (χ0) is 21.7. The highest BCUT2D eigenvalue weighted by molar-refractivity contribution is 5.98. The van der Waals surface area contributed by atoms with Crippen molar-refractivity contribution in [2.24, 2.45) is 11.7 Å². The van der Waals surface area contributed by atoms with Crippen LogP contribution in [0.2, 0.25) is 0 Å². The third kappa shape index (κ3) is 4.56. The van der Waals surface area contributed by atoms with E-state index in [9.17, 15) is 19.2 Å². The average Bonchev–Trinajstić information content (AvgIpc) is 3.16. The molecule has 1 saturated carbocycles. The van der Waals surface area contributed by atoms with Crippen LogP contribution in [0.25, 0.3) is 0 Å². The number of fused-ring (bicyclic) bond motifs is 2. The predicted octanol–water partition coefficient (Wildman–Crippen LogP) is 0.434. The summed E-state index contributed by atoms with van der Waals surface area (Å²) in [6, 6.07) is -0.765. The van der Waals surface area contributed by atoms with Gasteiger partial charge in [0.25, 0.3) is 11.8 Å². The molecule has 1 aliphatic carbocycles. The fraction of sp³-hybridized carbons (Fsp3) is 0.650. The fourth-order valence-electron chi connectivity index (χ4n) is 4.34. The van der Waals surface area contributed by atoms with E-state index in [0.29, 0.717) is 38.6 Å². The van der Waals surface area contributed by atoms with Crippen LogP contribution in [0.3, 0.4) is 0 Å². The molecule has 4 amide bonds. The molecule has 0 bridgehead atoms. The molecule has 0 aromatic carbocycles. The minimum absolute atomic E-state index is 0.198. The van der Waals surface area contributed by atoms with Gasteiger partial charge in [0.15, 0.2) is 12.3 Å². The molecule has 2 fully saturated rings. The molecule has 3 aliphatic rings. The van der Waals surface area contributed by atoms with E-state index in [1.807, 2.05) is 12.2 Å². The first-order valence-electron chi connectivity index (χ1n) is 10.3. The highest BCUT2D eigenvalue weighted by atomic mass is 16.6. The molecule has 162 valence electrons. The summed E-state index contributed by atoms with van der Waals surface area (Å²) in [4.78, 5) is 51.3. The summed E-state index contributed by atoms with van der Waals surface area (Å²) in [5.41, 5.74) is 3.97. The second kappa shape index (κ2) is 9.15. The molecule has 0 aromatic heterocycles. The number of amides is 4. The lowest BCUT2D eigenvalue weighted by Crippen LogP contribution is -2.56. The standard InChI is InChI=1S/C20H27N5O5/c21-12-23-18(28)20-11-13(20)7-4-2-1-3-5-9-15(30-19(22)29)17(27)25-10-6-8-14(25)16(26)24-20/h4,7,13-15H,1-3,5-6,8-11H2,(H2,22,29)(H,23,28)(H,24,26)/b7-4-. The normalized spacial score (nSPS) is 32.9. The number of carbonyl (C=O) groups excluding carboxylic acids is 4. The molecule has 30 heavy (non-hydrogen) atoms. The van der Waals surface area contributed by atoms with Gasteiger partial charge in [-0.3, -0.25) is 19.7 Å². The number of allylic oxidation sites excluding steroid dienone is 1. The lowest BCUT2D eigenvalue weighted by atomic mass is 10.1. The Labute approximate surface area is 174 Å². The maximum Gasteiger partial charge on any atom is 0.405 e. The number of nitriles is 1. The zero-order valence-electron chi connectivity index (χ0n) is 16.8. The summed E-state index contributed by atoms with van der Waals surface area (Å²) in [5, 5.41) is 13.8. The lowest BCUT2D eigenvalue weighted by molar-refractivity contribution is -0.146. The van der Waals surface area contributed by atoms with Crippen molar-refractivity contribution >= 4 is 23.8 Å². The molecule has 0 radical (unpaired) electrons. The van der Waals surface area contributed by atoms with Gasteiger partial charge in [-0.15, -0.1) is 0 Å². The Morgan fingerprint density at radius 3 is 2.80 bits per heavy atom. The SMILES string of the molecule is N#CNC(=O)C12CC1/C=C\CCCCCC(OC(N)=O)C(=O)N1CCCC1C(=O)N2. The minimum atomic E-state index is -1.18. The van der Waals surface area contributed by atoms with Gasteiger partial charge >= 0.3 is 6.09 Å². The zero-order valence-corrected chi connectivity index (χ0v) is 16.8. The molecule has 2 heterocycles. The van der Waals surface area contributed by atoms with E-state index in [0.717, 1.165) is 19.3 Å². The Morgan fingerprint density at radius 2 is 2.07 bits per heavy atom. The first kappa shape index (κ1) is 21.6. The van der Waals surface area contributed by atoms with Crippen LogP contribution in [0.5, 0.6) is 0 Å². The van der Waals surface area contributed by atoms with Gasteiger partial charge in [0.2, 0.25) is 5.91 Å². The second-order valence-corrected chi connectivity index (χ2v) is 8.02.